The molecule has 3 heterocycles. The van der Waals surface area contributed by atoms with Gasteiger partial charge in [0.1, 0.15) is 0 Å². The summed E-state index contributed by atoms with van der Waals surface area (Å²) in [7, 11) is 0. The van der Waals surface area contributed by atoms with Gasteiger partial charge in [-0.15, -0.1) is 0 Å². The van der Waals surface area contributed by atoms with Gasteiger partial charge in [0.2, 0.25) is 17.6 Å². The molecule has 1 aromatic carbocycles. The Hall–Kier alpha value is -2.94. The zero-order valence-corrected chi connectivity index (χ0v) is 18.6. The van der Waals surface area contributed by atoms with E-state index < -0.39 is 0 Å². The quantitative estimate of drug-likeness (QED) is 0.680. The van der Waals surface area contributed by atoms with Crippen molar-refractivity contribution in [2.45, 2.75) is 38.6 Å². The lowest BCUT2D eigenvalue weighted by Gasteiger charge is -2.43. The summed E-state index contributed by atoms with van der Waals surface area (Å²) in [5.41, 5.74) is 0.899. The van der Waals surface area contributed by atoms with Crippen molar-refractivity contribution in [2.24, 2.45) is 0 Å². The number of likely N-dealkylation sites (tertiary alicyclic amines) is 1. The molecule has 0 N–H and O–H groups in total. The number of piperidine rings is 1. The lowest BCUT2D eigenvalue weighted by Crippen LogP contribution is -2.56. The molecule has 2 aliphatic heterocycles. The molecule has 9 nitrogen and oxygen atoms in total. The molecule has 0 aliphatic carbocycles. The molecule has 0 radical (unpaired) electrons. The van der Waals surface area contributed by atoms with E-state index in [0.29, 0.717) is 50.3 Å². The minimum atomic E-state index is -0.232. The highest BCUT2D eigenvalue weighted by Crippen LogP contribution is 2.20. The van der Waals surface area contributed by atoms with E-state index in [-0.39, 0.29) is 12.0 Å². The van der Waals surface area contributed by atoms with Crippen LogP contribution >= 0.6 is 0 Å². The topological polar surface area (TPSA) is 92.0 Å². The van der Waals surface area contributed by atoms with Crippen LogP contribution < -0.4 is 0 Å². The minimum Gasteiger partial charge on any atom is -0.450 e. The molecule has 9 heteroatoms. The molecule has 0 unspecified atom stereocenters. The molecule has 0 bridgehead atoms. The smallest absolute Gasteiger partial charge is 0.409 e. The predicted molar refractivity (Wildman–Crippen MR) is 118 cm³/mol. The number of amides is 2. The van der Waals surface area contributed by atoms with Crippen molar-refractivity contribution in [1.82, 2.24) is 24.8 Å². The van der Waals surface area contributed by atoms with Gasteiger partial charge < -0.3 is 19.1 Å². The molecular weight excluding hydrogens is 410 g/mol. The van der Waals surface area contributed by atoms with E-state index in [9.17, 15) is 9.59 Å². The number of benzene rings is 1. The number of piperazine rings is 1. The van der Waals surface area contributed by atoms with Gasteiger partial charge in [-0.2, -0.15) is 4.98 Å². The second-order valence-corrected chi connectivity index (χ2v) is 8.24. The maximum Gasteiger partial charge on any atom is 0.409 e. The fraction of sp³-hybridized carbons (Fsp3) is 0.565. The maximum absolute atomic E-state index is 12.8. The molecule has 172 valence electrons. The van der Waals surface area contributed by atoms with Crippen molar-refractivity contribution in [1.29, 1.82) is 0 Å². The maximum atomic E-state index is 12.8. The fourth-order valence-electron chi connectivity index (χ4n) is 4.40. The molecule has 2 amide bonds. The van der Waals surface area contributed by atoms with Gasteiger partial charge in [-0.05, 0) is 19.8 Å². The molecule has 2 aromatic rings. The van der Waals surface area contributed by atoms with Crippen molar-refractivity contribution >= 4 is 12.0 Å². The first-order valence-corrected chi connectivity index (χ1v) is 11.5. The highest BCUT2D eigenvalue weighted by molar-refractivity contribution is 5.76. The van der Waals surface area contributed by atoms with Gasteiger partial charge in [-0.3, -0.25) is 9.69 Å². The van der Waals surface area contributed by atoms with Gasteiger partial charge in [0.25, 0.3) is 0 Å². The predicted octanol–water partition coefficient (Wildman–Crippen LogP) is 2.43. The lowest BCUT2D eigenvalue weighted by atomic mass is 10.0. The summed E-state index contributed by atoms with van der Waals surface area (Å²) >= 11 is 0. The van der Waals surface area contributed by atoms with Gasteiger partial charge in [0.05, 0.1) is 6.61 Å². The summed E-state index contributed by atoms with van der Waals surface area (Å²) in [5, 5.41) is 4.03. The summed E-state index contributed by atoms with van der Waals surface area (Å²) in [5.74, 6) is 1.16. The number of nitrogens with zero attached hydrogens (tertiary/aromatic N) is 5. The number of rotatable bonds is 6. The van der Waals surface area contributed by atoms with E-state index in [1.54, 1.807) is 4.90 Å². The highest BCUT2D eigenvalue weighted by atomic mass is 16.6. The third kappa shape index (κ3) is 5.45. The minimum absolute atomic E-state index is 0.124. The van der Waals surface area contributed by atoms with E-state index in [1.165, 1.54) is 0 Å². The number of hydrogen-bond donors (Lipinski definition) is 0. The Kier molecular flexibility index (Phi) is 7.36. The zero-order valence-electron chi connectivity index (χ0n) is 18.6. The van der Waals surface area contributed by atoms with E-state index in [2.05, 4.69) is 15.0 Å². The number of hydrogen-bond acceptors (Lipinski definition) is 7. The third-order valence-electron chi connectivity index (χ3n) is 6.16. The average molecular weight is 442 g/mol. The standard InChI is InChI=1S/C23H31N5O4/c1-2-31-23(30)27-15-13-26(14-16-27)19-9-6-12-28(17-19)21(29)11-10-20-24-22(25-32-20)18-7-4-3-5-8-18/h3-5,7-8,19H,2,6,9-17H2,1H3/t19-/m1/s1. The molecule has 2 aliphatic rings. The van der Waals surface area contributed by atoms with Crippen LogP contribution in [0.3, 0.4) is 0 Å². The van der Waals surface area contributed by atoms with Crippen LogP contribution in [0.5, 0.6) is 0 Å². The fourth-order valence-corrected chi connectivity index (χ4v) is 4.40. The van der Waals surface area contributed by atoms with Crippen LogP contribution in [0.15, 0.2) is 34.9 Å². The van der Waals surface area contributed by atoms with Crippen molar-refractivity contribution in [3.05, 3.63) is 36.2 Å². The number of carbonyl (C=O) groups excluding carboxylic acids is 2. The van der Waals surface area contributed by atoms with Crippen LogP contribution in [0.25, 0.3) is 11.4 Å². The summed E-state index contributed by atoms with van der Waals surface area (Å²) in [6, 6.07) is 10.00. The number of aryl methyl sites for hydroxylation is 1. The van der Waals surface area contributed by atoms with Crippen LogP contribution in [-0.4, -0.2) is 88.8 Å². The van der Waals surface area contributed by atoms with Crippen LogP contribution in [-0.2, 0) is 16.0 Å². The van der Waals surface area contributed by atoms with Gasteiger partial charge in [0.15, 0.2) is 0 Å². The van der Waals surface area contributed by atoms with E-state index in [1.807, 2.05) is 42.2 Å². The SMILES string of the molecule is CCOC(=O)N1CCN([C@@H]2CCCN(C(=O)CCc3nc(-c4ccccc4)no3)C2)CC1. The molecule has 0 saturated carbocycles. The molecule has 2 saturated heterocycles. The largest absolute Gasteiger partial charge is 0.450 e. The van der Waals surface area contributed by atoms with Crippen LogP contribution in [0.4, 0.5) is 4.79 Å². The van der Waals surface area contributed by atoms with Crippen molar-refractivity contribution in [3.63, 3.8) is 0 Å². The van der Waals surface area contributed by atoms with Crippen LogP contribution in [0.1, 0.15) is 32.1 Å². The number of aromatic nitrogens is 2. The molecule has 4 rings (SSSR count). The summed E-state index contributed by atoms with van der Waals surface area (Å²) in [4.78, 5) is 35.3. The molecule has 1 aromatic heterocycles. The normalized spacial score (nSPS) is 19.7. The average Bonchev–Trinajstić information content (AvgIpc) is 3.32. The summed E-state index contributed by atoms with van der Waals surface area (Å²) in [6.07, 6.45) is 2.64. The zero-order chi connectivity index (χ0) is 22.3. The molecule has 2 fully saturated rings. The molecule has 1 atom stereocenters. The Balaban J connectivity index is 1.24. The summed E-state index contributed by atoms with van der Waals surface area (Å²) < 4.78 is 10.4. The van der Waals surface area contributed by atoms with Gasteiger partial charge in [-0.1, -0.05) is 35.5 Å². The monoisotopic (exact) mass is 441 g/mol. The van der Waals surface area contributed by atoms with Crippen LogP contribution in [0.2, 0.25) is 0 Å². The van der Waals surface area contributed by atoms with Gasteiger partial charge in [0, 0.05) is 63.7 Å². The van der Waals surface area contributed by atoms with E-state index in [4.69, 9.17) is 9.26 Å². The lowest BCUT2D eigenvalue weighted by molar-refractivity contribution is -0.133. The first-order valence-electron chi connectivity index (χ1n) is 11.5. The molecule has 32 heavy (non-hydrogen) atoms. The Bertz CT molecular complexity index is 895. The van der Waals surface area contributed by atoms with Gasteiger partial charge >= 0.3 is 6.09 Å². The summed E-state index contributed by atoms with van der Waals surface area (Å²) in [6.45, 7) is 6.72. The molecular formula is C23H31N5O4. The highest BCUT2D eigenvalue weighted by Gasteiger charge is 2.31. The number of carbonyl (C=O) groups is 2. The Morgan fingerprint density at radius 2 is 1.88 bits per heavy atom. The van der Waals surface area contributed by atoms with Crippen molar-refractivity contribution < 1.29 is 18.8 Å². The van der Waals surface area contributed by atoms with Crippen molar-refractivity contribution in [2.75, 3.05) is 45.9 Å². The first-order chi connectivity index (χ1) is 15.6. The Morgan fingerprint density at radius 3 is 2.62 bits per heavy atom. The molecule has 0 spiro atoms. The Labute approximate surface area is 188 Å². The first kappa shape index (κ1) is 22.3. The van der Waals surface area contributed by atoms with Crippen molar-refractivity contribution in [3.8, 4) is 11.4 Å². The van der Waals surface area contributed by atoms with Crippen LogP contribution in [0, 0.1) is 0 Å². The second kappa shape index (κ2) is 10.6. The Morgan fingerprint density at radius 1 is 1.09 bits per heavy atom. The number of ether oxygens (including phenoxy) is 1. The van der Waals surface area contributed by atoms with Gasteiger partial charge in [-0.25, -0.2) is 4.79 Å². The van der Waals surface area contributed by atoms with E-state index in [0.717, 1.165) is 44.6 Å². The third-order valence-corrected chi connectivity index (χ3v) is 6.16. The van der Waals surface area contributed by atoms with E-state index >= 15 is 0 Å². The second-order valence-electron chi connectivity index (χ2n) is 8.24.